The molecule has 1 N–H and O–H groups in total. The predicted molar refractivity (Wildman–Crippen MR) is 126 cm³/mol. The first-order valence-electron chi connectivity index (χ1n) is 9.76. The third-order valence-electron chi connectivity index (χ3n) is 4.74. The van der Waals surface area contributed by atoms with Crippen molar-refractivity contribution in [2.75, 3.05) is 18.2 Å². The monoisotopic (exact) mass is 462 g/mol. The van der Waals surface area contributed by atoms with Gasteiger partial charge in [-0.25, -0.2) is 4.98 Å². The Labute approximate surface area is 191 Å². The number of fused-ring (bicyclic) bond motifs is 2. The molecule has 0 bridgehead atoms. The maximum absolute atomic E-state index is 12.5. The van der Waals surface area contributed by atoms with E-state index in [0.717, 1.165) is 32.8 Å². The van der Waals surface area contributed by atoms with Crippen LogP contribution in [0.2, 0.25) is 0 Å². The maximum Gasteiger partial charge on any atom is 0.236 e. The quantitative estimate of drug-likeness (QED) is 0.373. The van der Waals surface area contributed by atoms with E-state index in [0.29, 0.717) is 15.9 Å². The van der Waals surface area contributed by atoms with Crippen LogP contribution in [0.5, 0.6) is 5.75 Å². The molecule has 0 aliphatic carbocycles. The molecule has 3 aromatic heterocycles. The first-order valence-corrected chi connectivity index (χ1v) is 11.6. The van der Waals surface area contributed by atoms with Crippen molar-refractivity contribution in [1.82, 2.24) is 24.8 Å². The van der Waals surface area contributed by atoms with E-state index in [9.17, 15) is 4.79 Å². The van der Waals surface area contributed by atoms with Crippen LogP contribution < -0.4 is 10.1 Å². The van der Waals surface area contributed by atoms with E-state index in [1.54, 1.807) is 11.6 Å². The molecule has 0 atom stereocenters. The molecule has 160 valence electrons. The third kappa shape index (κ3) is 4.02. The lowest BCUT2D eigenvalue weighted by Crippen LogP contribution is -2.14. The Kier molecular flexibility index (Phi) is 5.46. The molecule has 5 aromatic rings. The molecule has 0 unspecified atom stereocenters. The van der Waals surface area contributed by atoms with Crippen LogP contribution in [-0.4, -0.2) is 43.6 Å². The Balaban J connectivity index is 1.33. The van der Waals surface area contributed by atoms with Crippen LogP contribution in [0.25, 0.3) is 27.1 Å². The molecule has 3 heterocycles. The van der Waals surface area contributed by atoms with Gasteiger partial charge in [-0.15, -0.1) is 10.2 Å². The normalized spacial score (nSPS) is 11.2. The van der Waals surface area contributed by atoms with Crippen LogP contribution >= 0.6 is 23.1 Å². The summed E-state index contributed by atoms with van der Waals surface area (Å²) in [6.07, 6.45) is 0. The Hall–Kier alpha value is -3.50. The number of carbonyl (C=O) groups is 1. The van der Waals surface area contributed by atoms with Gasteiger partial charge in [0.15, 0.2) is 10.8 Å². The van der Waals surface area contributed by atoms with Gasteiger partial charge >= 0.3 is 0 Å². The average molecular weight is 463 g/mol. The van der Waals surface area contributed by atoms with E-state index in [1.807, 2.05) is 55.5 Å². The summed E-state index contributed by atoms with van der Waals surface area (Å²) in [6.45, 7) is 2.03. The van der Waals surface area contributed by atoms with Crippen molar-refractivity contribution in [3.05, 3.63) is 60.2 Å². The molecule has 0 saturated carbocycles. The summed E-state index contributed by atoms with van der Waals surface area (Å²) < 4.78 is 8.13. The zero-order valence-corrected chi connectivity index (χ0v) is 18.9. The highest BCUT2D eigenvalue weighted by molar-refractivity contribution is 7.99. The zero-order chi connectivity index (χ0) is 22.1. The fourth-order valence-corrected chi connectivity index (χ4v) is 4.90. The number of hydrogen-bond donors (Lipinski definition) is 1. The lowest BCUT2D eigenvalue weighted by molar-refractivity contribution is -0.113. The summed E-state index contributed by atoms with van der Waals surface area (Å²) in [5.74, 6) is 0.728. The zero-order valence-electron chi connectivity index (χ0n) is 17.3. The number of anilines is 1. The Morgan fingerprint density at radius 2 is 2.03 bits per heavy atom. The number of thioether (sulfide) groups is 1. The van der Waals surface area contributed by atoms with Gasteiger partial charge in [0.2, 0.25) is 11.1 Å². The molecule has 32 heavy (non-hydrogen) atoms. The number of hydrogen-bond acceptors (Lipinski definition) is 8. The van der Waals surface area contributed by atoms with Crippen molar-refractivity contribution in [3.63, 3.8) is 0 Å². The minimum absolute atomic E-state index is 0.163. The van der Waals surface area contributed by atoms with Crippen molar-refractivity contribution in [2.45, 2.75) is 12.1 Å². The highest BCUT2D eigenvalue weighted by Crippen LogP contribution is 2.29. The van der Waals surface area contributed by atoms with Crippen LogP contribution in [-0.2, 0) is 4.79 Å². The number of para-hydroxylation sites is 1. The Morgan fingerprint density at radius 1 is 1.16 bits per heavy atom. The van der Waals surface area contributed by atoms with E-state index in [4.69, 9.17) is 4.74 Å². The second kappa shape index (κ2) is 8.56. The highest BCUT2D eigenvalue weighted by Gasteiger charge is 2.14. The van der Waals surface area contributed by atoms with E-state index in [-0.39, 0.29) is 11.7 Å². The molecule has 0 radical (unpaired) electrons. The van der Waals surface area contributed by atoms with Gasteiger partial charge in [-0.1, -0.05) is 41.3 Å². The van der Waals surface area contributed by atoms with Crippen LogP contribution in [0, 0.1) is 6.92 Å². The van der Waals surface area contributed by atoms with Gasteiger partial charge in [0.25, 0.3) is 0 Å². The van der Waals surface area contributed by atoms with E-state index >= 15 is 0 Å². The lowest BCUT2D eigenvalue weighted by atomic mass is 10.1. The predicted octanol–water partition coefficient (Wildman–Crippen LogP) is 4.45. The number of methoxy groups -OCH3 is 1. The van der Waals surface area contributed by atoms with E-state index in [1.165, 1.54) is 23.1 Å². The van der Waals surface area contributed by atoms with Gasteiger partial charge in [0.05, 0.1) is 28.8 Å². The number of nitrogens with one attached hydrogen (secondary N) is 1. The molecule has 0 fully saturated rings. The summed E-state index contributed by atoms with van der Waals surface area (Å²) in [4.78, 5) is 17.0. The van der Waals surface area contributed by atoms with E-state index in [2.05, 4.69) is 31.7 Å². The summed E-state index contributed by atoms with van der Waals surface area (Å²) in [5.41, 5.74) is 4.23. The molecule has 0 aliphatic rings. The second-order valence-electron chi connectivity index (χ2n) is 7.00. The number of carbonyl (C=O) groups excluding carboxylic acids is 1. The number of rotatable bonds is 6. The molecule has 8 nitrogen and oxygen atoms in total. The third-order valence-corrected chi connectivity index (χ3v) is 6.59. The SMILES string of the molecule is COc1ccccc1-c1ccc2nnc(SCC(=O)Nc3nc4ccc(C)cc4s3)n2n1. The highest BCUT2D eigenvalue weighted by atomic mass is 32.2. The molecule has 0 spiro atoms. The number of aryl methyl sites for hydroxylation is 1. The van der Waals surface area contributed by atoms with Gasteiger partial charge in [0.1, 0.15) is 5.75 Å². The first-order chi connectivity index (χ1) is 15.6. The fraction of sp³-hybridized carbons (Fsp3) is 0.136. The molecular formula is C22H18N6O2S2. The molecule has 1 amide bonds. The second-order valence-corrected chi connectivity index (χ2v) is 8.97. The van der Waals surface area contributed by atoms with Crippen LogP contribution in [0.3, 0.4) is 0 Å². The number of benzene rings is 2. The minimum atomic E-state index is -0.164. The molecule has 10 heteroatoms. The minimum Gasteiger partial charge on any atom is -0.496 e. The summed E-state index contributed by atoms with van der Waals surface area (Å²) in [7, 11) is 1.63. The average Bonchev–Trinajstić information content (AvgIpc) is 3.40. The number of nitrogens with zero attached hydrogens (tertiary/aromatic N) is 5. The van der Waals surface area contributed by atoms with Crippen molar-refractivity contribution >= 4 is 50.0 Å². The molecule has 0 saturated heterocycles. The van der Waals surface area contributed by atoms with Gasteiger partial charge < -0.3 is 10.1 Å². The first kappa shape index (κ1) is 20.4. The Bertz CT molecular complexity index is 1450. The number of aromatic nitrogens is 5. The van der Waals surface area contributed by atoms with Crippen molar-refractivity contribution in [1.29, 1.82) is 0 Å². The fourth-order valence-electron chi connectivity index (χ4n) is 3.23. The van der Waals surface area contributed by atoms with Crippen LogP contribution in [0.4, 0.5) is 5.13 Å². The van der Waals surface area contributed by atoms with Crippen molar-refractivity contribution in [2.24, 2.45) is 0 Å². The lowest BCUT2D eigenvalue weighted by Gasteiger charge is -2.08. The maximum atomic E-state index is 12.5. The molecule has 0 aliphatic heterocycles. The Morgan fingerprint density at radius 3 is 2.91 bits per heavy atom. The van der Waals surface area contributed by atoms with Crippen LogP contribution in [0.15, 0.2) is 59.8 Å². The number of thiazole rings is 1. The summed E-state index contributed by atoms with van der Waals surface area (Å²) in [5, 5.41) is 17.0. The topological polar surface area (TPSA) is 94.3 Å². The smallest absolute Gasteiger partial charge is 0.236 e. The summed E-state index contributed by atoms with van der Waals surface area (Å²) >= 11 is 2.73. The van der Waals surface area contributed by atoms with Crippen LogP contribution in [0.1, 0.15) is 5.56 Å². The van der Waals surface area contributed by atoms with Gasteiger partial charge in [-0.05, 0) is 48.9 Å². The van der Waals surface area contributed by atoms with E-state index < -0.39 is 0 Å². The summed E-state index contributed by atoms with van der Waals surface area (Å²) in [6, 6.07) is 17.4. The number of ether oxygens (including phenoxy) is 1. The van der Waals surface area contributed by atoms with Gasteiger partial charge in [-0.2, -0.15) is 9.61 Å². The number of amides is 1. The largest absolute Gasteiger partial charge is 0.496 e. The molecule has 2 aromatic carbocycles. The van der Waals surface area contributed by atoms with Gasteiger partial charge in [0, 0.05) is 5.56 Å². The van der Waals surface area contributed by atoms with Crippen molar-refractivity contribution < 1.29 is 9.53 Å². The molecular weight excluding hydrogens is 444 g/mol. The molecule has 5 rings (SSSR count). The van der Waals surface area contributed by atoms with Gasteiger partial charge in [-0.3, -0.25) is 4.79 Å². The van der Waals surface area contributed by atoms with Crippen molar-refractivity contribution in [3.8, 4) is 17.0 Å². The standard InChI is InChI=1S/C22H18N6O2S2/c1-13-7-8-16-18(11-13)32-21(23-16)24-20(29)12-31-22-26-25-19-10-9-15(27-28(19)22)14-5-3-4-6-17(14)30-2/h3-11H,12H2,1-2H3,(H,23,24,29).